The monoisotopic (exact) mass is 427 g/mol. The van der Waals surface area contributed by atoms with Gasteiger partial charge < -0.3 is 14.9 Å². The zero-order chi connectivity index (χ0) is 22.2. The molecule has 0 unspecified atom stereocenters. The summed E-state index contributed by atoms with van der Waals surface area (Å²) < 4.78 is 0. The molecule has 0 radical (unpaired) electrons. The average Bonchev–Trinajstić information content (AvgIpc) is 3.07. The number of anilines is 1. The second kappa shape index (κ2) is 8.81. The Balaban J connectivity index is 1.39. The van der Waals surface area contributed by atoms with Gasteiger partial charge in [0.15, 0.2) is 0 Å². The molecule has 1 aliphatic carbocycles. The first-order chi connectivity index (χ1) is 14.7. The van der Waals surface area contributed by atoms with E-state index in [-0.39, 0.29) is 18.0 Å². The molecule has 2 aliphatic heterocycles. The lowest BCUT2D eigenvalue weighted by Crippen LogP contribution is -2.42. The summed E-state index contributed by atoms with van der Waals surface area (Å²) in [4.78, 5) is 30.5. The minimum atomic E-state index is -0.705. The molecule has 6 heteroatoms. The van der Waals surface area contributed by atoms with Gasteiger partial charge in [0.2, 0.25) is 0 Å². The van der Waals surface area contributed by atoms with Crippen molar-refractivity contribution < 1.29 is 14.7 Å². The van der Waals surface area contributed by atoms with E-state index in [1.54, 1.807) is 0 Å². The largest absolute Gasteiger partial charge is 0.481 e. The van der Waals surface area contributed by atoms with E-state index in [0.29, 0.717) is 12.0 Å². The molecule has 3 aliphatic rings. The third-order valence-corrected chi connectivity index (χ3v) is 7.94. The van der Waals surface area contributed by atoms with E-state index in [0.717, 1.165) is 70.3 Å². The highest BCUT2D eigenvalue weighted by Crippen LogP contribution is 2.34. The van der Waals surface area contributed by atoms with Crippen LogP contribution in [0.4, 0.5) is 10.5 Å². The van der Waals surface area contributed by atoms with Gasteiger partial charge in [-0.05, 0) is 95.0 Å². The van der Waals surface area contributed by atoms with Crippen molar-refractivity contribution in [2.75, 3.05) is 31.6 Å². The minimum Gasteiger partial charge on any atom is -0.481 e. The maximum atomic E-state index is 13.3. The van der Waals surface area contributed by atoms with Gasteiger partial charge in [0.05, 0.1) is 0 Å². The van der Waals surface area contributed by atoms with Crippen molar-refractivity contribution in [2.45, 2.75) is 76.8 Å². The Morgan fingerprint density at radius 2 is 1.84 bits per heavy atom. The van der Waals surface area contributed by atoms with E-state index in [9.17, 15) is 9.59 Å². The van der Waals surface area contributed by atoms with Crippen LogP contribution in [0.3, 0.4) is 0 Å². The molecule has 0 bridgehead atoms. The molecule has 2 heterocycles. The van der Waals surface area contributed by atoms with Crippen LogP contribution >= 0.6 is 0 Å². The van der Waals surface area contributed by atoms with Crippen molar-refractivity contribution in [1.82, 2.24) is 9.80 Å². The highest BCUT2D eigenvalue weighted by atomic mass is 16.4. The number of hydrogen-bond acceptors (Lipinski definition) is 3. The number of benzene rings is 1. The van der Waals surface area contributed by atoms with Gasteiger partial charge in [-0.2, -0.15) is 0 Å². The number of carbonyl (C=O) groups is 2. The third kappa shape index (κ3) is 4.74. The predicted octanol–water partition coefficient (Wildman–Crippen LogP) is 4.16. The Labute approximate surface area is 186 Å². The van der Waals surface area contributed by atoms with E-state index >= 15 is 0 Å². The Bertz CT molecular complexity index is 829. The van der Waals surface area contributed by atoms with Gasteiger partial charge in [-0.15, -0.1) is 0 Å². The normalized spacial score (nSPS) is 26.6. The number of carbonyl (C=O) groups excluding carboxylic acids is 1. The average molecular weight is 428 g/mol. The maximum absolute atomic E-state index is 13.3. The molecule has 170 valence electrons. The fraction of sp³-hybridized carbons (Fsp3) is 0.680. The van der Waals surface area contributed by atoms with Gasteiger partial charge in [0.1, 0.15) is 0 Å². The summed E-state index contributed by atoms with van der Waals surface area (Å²) in [5.74, 6) is -0.212. The molecule has 1 saturated heterocycles. The Morgan fingerprint density at radius 1 is 1.10 bits per heavy atom. The summed E-state index contributed by atoms with van der Waals surface area (Å²) in [7, 11) is 2.20. The van der Waals surface area contributed by atoms with Crippen molar-refractivity contribution in [2.24, 2.45) is 5.92 Å². The van der Waals surface area contributed by atoms with E-state index < -0.39 is 5.97 Å². The van der Waals surface area contributed by atoms with E-state index in [1.165, 1.54) is 11.1 Å². The number of carboxylic acid groups (broad SMARTS) is 1. The number of urea groups is 1. The van der Waals surface area contributed by atoms with Gasteiger partial charge in [0, 0.05) is 43.3 Å². The second-order valence-electron chi connectivity index (χ2n) is 10.3. The van der Waals surface area contributed by atoms with Crippen molar-refractivity contribution >= 4 is 17.7 Å². The molecular weight excluding hydrogens is 390 g/mol. The molecule has 2 amide bonds. The summed E-state index contributed by atoms with van der Waals surface area (Å²) in [5.41, 5.74) is 3.96. The summed E-state index contributed by atoms with van der Waals surface area (Å²) in [6.07, 6.45) is 7.14. The predicted molar refractivity (Wildman–Crippen MR) is 123 cm³/mol. The lowest BCUT2D eigenvalue weighted by atomic mass is 9.83. The first-order valence-electron chi connectivity index (χ1n) is 11.9. The van der Waals surface area contributed by atoms with Crippen molar-refractivity contribution in [3.8, 4) is 0 Å². The number of rotatable bonds is 5. The number of amides is 2. The summed E-state index contributed by atoms with van der Waals surface area (Å²) in [5, 5.41) is 8.91. The molecule has 1 aromatic rings. The number of aliphatic carboxylic acids is 1. The fourth-order valence-corrected chi connectivity index (χ4v) is 5.58. The van der Waals surface area contributed by atoms with E-state index in [2.05, 4.69) is 48.9 Å². The van der Waals surface area contributed by atoms with Crippen LogP contribution in [0.5, 0.6) is 0 Å². The zero-order valence-corrected chi connectivity index (χ0v) is 19.3. The smallest absolute Gasteiger partial charge is 0.324 e. The molecule has 31 heavy (non-hydrogen) atoms. The molecule has 1 aromatic carbocycles. The van der Waals surface area contributed by atoms with Crippen molar-refractivity contribution in [3.05, 3.63) is 29.3 Å². The van der Waals surface area contributed by atoms with Crippen LogP contribution in [-0.2, 0) is 17.6 Å². The van der Waals surface area contributed by atoms with Crippen LogP contribution in [0.25, 0.3) is 0 Å². The number of carboxylic acids is 1. The summed E-state index contributed by atoms with van der Waals surface area (Å²) >= 11 is 0. The molecule has 0 atom stereocenters. The maximum Gasteiger partial charge on any atom is 0.324 e. The topological polar surface area (TPSA) is 64.1 Å². The first-order valence-corrected chi connectivity index (χ1v) is 11.9. The Morgan fingerprint density at radius 3 is 2.55 bits per heavy atom. The highest BCUT2D eigenvalue weighted by Gasteiger charge is 2.37. The van der Waals surface area contributed by atoms with Crippen LogP contribution in [-0.4, -0.2) is 65.2 Å². The Hall–Kier alpha value is -2.08. The lowest BCUT2D eigenvalue weighted by molar-refractivity contribution is -0.137. The summed E-state index contributed by atoms with van der Waals surface area (Å²) in [6, 6.07) is 7.04. The van der Waals surface area contributed by atoms with Gasteiger partial charge in [-0.3, -0.25) is 9.69 Å². The molecule has 4 rings (SSSR count). The molecule has 0 aromatic heterocycles. The fourth-order valence-electron chi connectivity index (χ4n) is 5.58. The molecule has 6 nitrogen and oxygen atoms in total. The van der Waals surface area contributed by atoms with E-state index in [4.69, 9.17) is 5.11 Å². The van der Waals surface area contributed by atoms with Crippen molar-refractivity contribution in [1.29, 1.82) is 0 Å². The van der Waals surface area contributed by atoms with Crippen LogP contribution in [0.1, 0.15) is 63.5 Å². The number of hydrogen-bond donors (Lipinski definition) is 1. The van der Waals surface area contributed by atoms with Crippen LogP contribution < -0.4 is 4.90 Å². The second-order valence-corrected chi connectivity index (χ2v) is 10.3. The number of nitrogens with zero attached hydrogens (tertiary/aromatic N) is 3. The molecule has 2 fully saturated rings. The van der Waals surface area contributed by atoms with Gasteiger partial charge >= 0.3 is 12.0 Å². The van der Waals surface area contributed by atoms with Gasteiger partial charge in [-0.25, -0.2) is 4.79 Å². The SMILES string of the molecule is CN1CCc2cc(N3CCN(C4CCC(CCC(=O)O)CC4)C3=O)ccc2CC1(C)C. The number of likely N-dealkylation sites (N-methyl/N-ethyl adjacent to an activating group) is 1. The summed E-state index contributed by atoms with van der Waals surface area (Å²) in [6.45, 7) is 7.18. The molecule has 1 N–H and O–H groups in total. The van der Waals surface area contributed by atoms with Crippen LogP contribution in [0.2, 0.25) is 0 Å². The first kappa shape index (κ1) is 22.1. The quantitative estimate of drug-likeness (QED) is 0.766. The third-order valence-electron chi connectivity index (χ3n) is 7.94. The zero-order valence-electron chi connectivity index (χ0n) is 19.3. The van der Waals surface area contributed by atoms with Crippen LogP contribution in [0, 0.1) is 5.92 Å². The molecular formula is C25H37N3O3. The van der Waals surface area contributed by atoms with Gasteiger partial charge in [-0.1, -0.05) is 6.07 Å². The van der Waals surface area contributed by atoms with Crippen LogP contribution in [0.15, 0.2) is 18.2 Å². The molecule has 0 spiro atoms. The van der Waals surface area contributed by atoms with E-state index in [1.807, 2.05) is 4.90 Å². The lowest BCUT2D eigenvalue weighted by Gasteiger charge is -2.34. The number of fused-ring (bicyclic) bond motifs is 1. The highest BCUT2D eigenvalue weighted by molar-refractivity contribution is 5.94. The van der Waals surface area contributed by atoms with Crippen molar-refractivity contribution in [3.63, 3.8) is 0 Å². The van der Waals surface area contributed by atoms with Gasteiger partial charge in [0.25, 0.3) is 0 Å². The molecule has 1 saturated carbocycles. The Kier molecular flexibility index (Phi) is 6.29. The standard InChI is InChI=1S/C25H37N3O3/c1-25(2)17-20-7-10-22(16-19(20)12-13-26(25)3)28-15-14-27(24(28)31)21-8-4-18(5-9-21)6-11-23(29)30/h7,10,16,18,21H,4-6,8-9,11-15,17H2,1-3H3,(H,29,30). The minimum absolute atomic E-state index is 0.139.